The van der Waals surface area contributed by atoms with Gasteiger partial charge in [-0.05, 0) is 50.4 Å². The van der Waals surface area contributed by atoms with Gasteiger partial charge in [0.25, 0.3) is 5.56 Å². The summed E-state index contributed by atoms with van der Waals surface area (Å²) in [6, 6.07) is 5.82. The Morgan fingerprint density at radius 2 is 2.00 bits per heavy atom. The van der Waals surface area contributed by atoms with E-state index in [0.29, 0.717) is 12.1 Å². The Hall–Kier alpha value is -2.14. The molecule has 0 saturated carbocycles. The number of H-pyrrole nitrogens is 1. The molecule has 0 unspecified atom stereocenters. The number of carbonyl (C=O) groups excluding carboxylic acids is 1. The van der Waals surface area contributed by atoms with Gasteiger partial charge in [0.2, 0.25) is 0 Å². The second-order valence-corrected chi connectivity index (χ2v) is 5.78. The summed E-state index contributed by atoms with van der Waals surface area (Å²) >= 11 is 0. The quantitative estimate of drug-likeness (QED) is 0.609. The van der Waals surface area contributed by atoms with Crippen LogP contribution in [0.1, 0.15) is 47.4 Å². The first-order valence-electron chi connectivity index (χ1n) is 8.15. The molecule has 0 bridgehead atoms. The van der Waals surface area contributed by atoms with Crippen molar-refractivity contribution >= 4 is 5.78 Å². The Morgan fingerprint density at radius 1 is 1.26 bits per heavy atom. The number of nitrogens with zero attached hydrogens (tertiary/aromatic N) is 1. The number of aromatic amines is 1. The molecule has 2 aromatic rings. The largest absolute Gasteiger partial charge is 0.310 e. The highest BCUT2D eigenvalue weighted by Gasteiger charge is 2.21. The Bertz CT molecular complexity index is 756. The topological polar surface area (TPSA) is 66.9 Å². The summed E-state index contributed by atoms with van der Waals surface area (Å²) in [5, 5.41) is 6.18. The SMILES string of the molecule is CCCNCC(=O)c1c(CC)[nH]n(-c2cccc(C)c2C)c1=O. The lowest BCUT2D eigenvalue weighted by Gasteiger charge is -2.08. The van der Waals surface area contributed by atoms with E-state index in [0.717, 1.165) is 29.8 Å². The molecule has 0 aliphatic rings. The number of aromatic nitrogens is 2. The fourth-order valence-electron chi connectivity index (χ4n) is 2.64. The van der Waals surface area contributed by atoms with Crippen LogP contribution in [0.5, 0.6) is 0 Å². The lowest BCUT2D eigenvalue weighted by molar-refractivity contribution is 0.0989. The number of ketones is 1. The molecule has 1 aromatic heterocycles. The minimum atomic E-state index is -0.265. The highest BCUT2D eigenvalue weighted by Crippen LogP contribution is 2.16. The molecule has 0 spiro atoms. The zero-order chi connectivity index (χ0) is 17.0. The highest BCUT2D eigenvalue weighted by atomic mass is 16.2. The van der Waals surface area contributed by atoms with E-state index in [9.17, 15) is 9.59 Å². The molecule has 0 saturated heterocycles. The Balaban J connectivity index is 2.47. The van der Waals surface area contributed by atoms with E-state index in [1.807, 2.05) is 45.9 Å². The van der Waals surface area contributed by atoms with Crippen molar-refractivity contribution in [3.8, 4) is 5.69 Å². The second kappa shape index (κ2) is 7.42. The van der Waals surface area contributed by atoms with Crippen LogP contribution in [0.2, 0.25) is 0 Å². The molecule has 0 atom stereocenters. The van der Waals surface area contributed by atoms with Gasteiger partial charge in [-0.3, -0.25) is 14.7 Å². The summed E-state index contributed by atoms with van der Waals surface area (Å²) < 4.78 is 1.49. The van der Waals surface area contributed by atoms with E-state index < -0.39 is 0 Å². The standard InChI is InChI=1S/C18H25N3O2/c1-5-10-19-11-16(22)17-14(6-2)20-21(18(17)23)15-9-7-8-12(3)13(15)4/h7-9,19-20H,5-6,10-11H2,1-4H3. The van der Waals surface area contributed by atoms with Crippen molar-refractivity contribution in [2.75, 3.05) is 13.1 Å². The lowest BCUT2D eigenvalue weighted by atomic mass is 10.1. The van der Waals surface area contributed by atoms with E-state index in [1.165, 1.54) is 4.68 Å². The number of carbonyl (C=O) groups is 1. The third-order valence-electron chi connectivity index (χ3n) is 4.13. The Kier molecular flexibility index (Phi) is 5.55. The van der Waals surface area contributed by atoms with Gasteiger partial charge in [0, 0.05) is 5.69 Å². The fourth-order valence-corrected chi connectivity index (χ4v) is 2.64. The van der Waals surface area contributed by atoms with Gasteiger partial charge in [0.1, 0.15) is 5.56 Å². The third-order valence-corrected chi connectivity index (χ3v) is 4.13. The van der Waals surface area contributed by atoms with Crippen LogP contribution >= 0.6 is 0 Å². The first-order chi connectivity index (χ1) is 11.0. The molecule has 0 aliphatic carbocycles. The maximum absolute atomic E-state index is 12.8. The second-order valence-electron chi connectivity index (χ2n) is 5.78. The zero-order valence-electron chi connectivity index (χ0n) is 14.3. The summed E-state index contributed by atoms with van der Waals surface area (Å²) in [7, 11) is 0. The number of aryl methyl sites for hydroxylation is 2. The number of Topliss-reactive ketones (excluding diaryl/α,β-unsaturated/α-hetero) is 1. The maximum atomic E-state index is 12.8. The molecule has 124 valence electrons. The van der Waals surface area contributed by atoms with Crippen LogP contribution in [0, 0.1) is 13.8 Å². The van der Waals surface area contributed by atoms with Crippen LogP contribution in [0.25, 0.3) is 5.69 Å². The minimum Gasteiger partial charge on any atom is -0.310 e. The van der Waals surface area contributed by atoms with Crippen LogP contribution in [0.3, 0.4) is 0 Å². The van der Waals surface area contributed by atoms with Gasteiger partial charge in [-0.25, -0.2) is 4.68 Å². The molecule has 0 fully saturated rings. The van der Waals surface area contributed by atoms with E-state index in [-0.39, 0.29) is 23.5 Å². The Labute approximate surface area is 136 Å². The van der Waals surface area contributed by atoms with Gasteiger partial charge < -0.3 is 5.32 Å². The monoisotopic (exact) mass is 315 g/mol. The van der Waals surface area contributed by atoms with Crippen molar-refractivity contribution < 1.29 is 4.79 Å². The van der Waals surface area contributed by atoms with Crippen molar-refractivity contribution in [2.45, 2.75) is 40.5 Å². The minimum absolute atomic E-state index is 0.152. The van der Waals surface area contributed by atoms with Crippen LogP contribution < -0.4 is 10.9 Å². The third kappa shape index (κ3) is 3.45. The summed E-state index contributed by atoms with van der Waals surface area (Å²) in [6.07, 6.45) is 1.57. The lowest BCUT2D eigenvalue weighted by Crippen LogP contribution is -2.29. The molecule has 5 nitrogen and oxygen atoms in total. The van der Waals surface area contributed by atoms with Crippen molar-refractivity contribution in [3.63, 3.8) is 0 Å². The molecule has 23 heavy (non-hydrogen) atoms. The van der Waals surface area contributed by atoms with Gasteiger partial charge in [-0.2, -0.15) is 0 Å². The van der Waals surface area contributed by atoms with Crippen LogP contribution in [0.4, 0.5) is 0 Å². The van der Waals surface area contributed by atoms with Gasteiger partial charge in [0.05, 0.1) is 12.2 Å². The van der Waals surface area contributed by atoms with Gasteiger partial charge in [-0.1, -0.05) is 26.0 Å². The maximum Gasteiger partial charge on any atom is 0.282 e. The first kappa shape index (κ1) is 17.2. The van der Waals surface area contributed by atoms with Crippen molar-refractivity contribution in [1.29, 1.82) is 0 Å². The normalized spacial score (nSPS) is 11.0. The number of hydrogen-bond acceptors (Lipinski definition) is 3. The summed E-state index contributed by atoms with van der Waals surface area (Å²) in [6.45, 7) is 8.93. The predicted octanol–water partition coefficient (Wildman–Crippen LogP) is 2.53. The molecule has 5 heteroatoms. The number of benzene rings is 1. The molecule has 0 amide bonds. The average molecular weight is 315 g/mol. The molecule has 0 aliphatic heterocycles. The predicted molar refractivity (Wildman–Crippen MR) is 92.7 cm³/mol. The van der Waals surface area contributed by atoms with Crippen LogP contribution in [-0.4, -0.2) is 28.7 Å². The van der Waals surface area contributed by atoms with Crippen molar-refractivity contribution in [3.05, 3.63) is 50.9 Å². The Morgan fingerprint density at radius 3 is 2.65 bits per heavy atom. The molecular formula is C18H25N3O2. The highest BCUT2D eigenvalue weighted by molar-refractivity contribution is 5.98. The summed E-state index contributed by atoms with van der Waals surface area (Å²) in [4.78, 5) is 25.2. The zero-order valence-corrected chi connectivity index (χ0v) is 14.3. The molecule has 2 rings (SSSR count). The van der Waals surface area contributed by atoms with Crippen LogP contribution in [-0.2, 0) is 6.42 Å². The fraction of sp³-hybridized carbons (Fsp3) is 0.444. The molecular weight excluding hydrogens is 290 g/mol. The van der Waals surface area contributed by atoms with E-state index in [2.05, 4.69) is 10.4 Å². The molecule has 1 heterocycles. The number of rotatable bonds is 7. The number of nitrogens with one attached hydrogen (secondary N) is 2. The van der Waals surface area contributed by atoms with Crippen LogP contribution in [0.15, 0.2) is 23.0 Å². The smallest absolute Gasteiger partial charge is 0.282 e. The molecule has 2 N–H and O–H groups in total. The van der Waals surface area contributed by atoms with Gasteiger partial charge in [-0.15, -0.1) is 0 Å². The molecule has 1 aromatic carbocycles. The first-order valence-corrected chi connectivity index (χ1v) is 8.15. The van der Waals surface area contributed by atoms with E-state index >= 15 is 0 Å². The molecule has 0 radical (unpaired) electrons. The van der Waals surface area contributed by atoms with Crippen molar-refractivity contribution in [1.82, 2.24) is 15.1 Å². The van der Waals surface area contributed by atoms with E-state index in [1.54, 1.807) is 0 Å². The summed E-state index contributed by atoms with van der Waals surface area (Å²) in [5.41, 5.74) is 3.64. The van der Waals surface area contributed by atoms with Crippen molar-refractivity contribution in [2.24, 2.45) is 0 Å². The number of hydrogen-bond donors (Lipinski definition) is 2. The summed E-state index contributed by atoms with van der Waals surface area (Å²) in [5.74, 6) is -0.152. The van der Waals surface area contributed by atoms with Gasteiger partial charge >= 0.3 is 0 Å². The van der Waals surface area contributed by atoms with E-state index in [4.69, 9.17) is 0 Å². The van der Waals surface area contributed by atoms with Gasteiger partial charge in [0.15, 0.2) is 5.78 Å². The average Bonchev–Trinajstić information content (AvgIpc) is 2.87.